The molecule has 0 aliphatic carbocycles. The molecule has 4 aromatic rings. The average Bonchev–Trinajstić information content (AvgIpc) is 3.22. The van der Waals surface area contributed by atoms with Crippen LogP contribution < -0.4 is 5.49 Å². The first kappa shape index (κ1) is 21.1. The van der Waals surface area contributed by atoms with E-state index in [4.69, 9.17) is 9.15 Å². The summed E-state index contributed by atoms with van der Waals surface area (Å²) in [5.74, 6) is 0.472. The van der Waals surface area contributed by atoms with Crippen molar-refractivity contribution in [3.05, 3.63) is 87.4 Å². The van der Waals surface area contributed by atoms with E-state index in [1.54, 1.807) is 19.2 Å². The number of rotatable bonds is 5. The molecule has 0 bridgehead atoms. The topological polar surface area (TPSA) is 56.7 Å². The first-order valence-electron chi connectivity index (χ1n) is 10.0. The number of carbonyl (C=O) groups excluding carboxylic acids is 1. The zero-order valence-electron chi connectivity index (χ0n) is 17.7. The Morgan fingerprint density at radius 1 is 1.13 bits per heavy atom. The lowest BCUT2D eigenvalue weighted by molar-refractivity contribution is 0.0490. The summed E-state index contributed by atoms with van der Waals surface area (Å²) in [6.45, 7) is 4.82. The van der Waals surface area contributed by atoms with E-state index in [9.17, 15) is 4.79 Å². The van der Waals surface area contributed by atoms with E-state index >= 15 is 0 Å². The minimum atomic E-state index is -0.329. The molecule has 0 radical (unpaired) electrons. The third kappa shape index (κ3) is 4.21. The lowest BCUT2D eigenvalue weighted by Gasteiger charge is -2.10. The summed E-state index contributed by atoms with van der Waals surface area (Å²) >= 11 is 3.59. The Balaban J connectivity index is 1.65. The number of fused-ring (bicyclic) bond motifs is 1. The second-order valence-electron chi connectivity index (χ2n) is 7.32. The molecule has 2 heterocycles. The highest BCUT2D eigenvalue weighted by Crippen LogP contribution is 2.32. The van der Waals surface area contributed by atoms with Gasteiger partial charge in [0, 0.05) is 28.8 Å². The molecule has 0 atom stereocenters. The van der Waals surface area contributed by atoms with Gasteiger partial charge in [0.1, 0.15) is 23.4 Å². The van der Waals surface area contributed by atoms with Gasteiger partial charge in [-0.2, -0.15) is 0 Å². The maximum Gasteiger partial charge on any atom is 0.338 e. The normalized spacial score (nSPS) is 11.8. The van der Waals surface area contributed by atoms with Gasteiger partial charge in [0.2, 0.25) is 0 Å². The molecular weight excluding hydrogens is 456 g/mol. The van der Waals surface area contributed by atoms with Crippen molar-refractivity contribution in [1.29, 1.82) is 0 Å². The van der Waals surface area contributed by atoms with Gasteiger partial charge in [-0.25, -0.2) is 4.79 Å². The van der Waals surface area contributed by atoms with Crippen molar-refractivity contribution in [1.82, 2.24) is 4.57 Å². The Morgan fingerprint density at radius 2 is 1.90 bits per heavy atom. The highest BCUT2D eigenvalue weighted by molar-refractivity contribution is 9.10. The lowest BCUT2D eigenvalue weighted by Crippen LogP contribution is -2.24. The molecule has 6 heteroatoms. The van der Waals surface area contributed by atoms with Crippen molar-refractivity contribution in [2.24, 2.45) is 4.99 Å². The molecule has 0 N–H and O–H groups in total. The maximum absolute atomic E-state index is 12.2. The predicted octanol–water partition coefficient (Wildman–Crippen LogP) is 5.67. The van der Waals surface area contributed by atoms with Gasteiger partial charge in [-0.05, 0) is 43.7 Å². The fourth-order valence-corrected chi connectivity index (χ4v) is 4.05. The number of pyridine rings is 1. The quantitative estimate of drug-likeness (QED) is 0.347. The third-order valence-corrected chi connectivity index (χ3v) is 6.13. The van der Waals surface area contributed by atoms with E-state index in [-0.39, 0.29) is 12.6 Å². The smallest absolute Gasteiger partial charge is 0.338 e. The molecule has 0 unspecified atom stereocenters. The Morgan fingerprint density at radius 3 is 2.65 bits per heavy atom. The summed E-state index contributed by atoms with van der Waals surface area (Å²) in [5, 5.41) is 0.936. The first-order valence-corrected chi connectivity index (χ1v) is 10.8. The SMILES string of the molecule is C/N=c1\c2cc(-c3cccc(Br)c3C)oc2c(C)cn1CCOC(=O)c1ccccc1. The molecule has 0 aliphatic heterocycles. The zero-order chi connectivity index (χ0) is 22.0. The number of carbonyl (C=O) groups is 1. The molecular formula is C25H23BrN2O3. The van der Waals surface area contributed by atoms with Crippen molar-refractivity contribution in [3.8, 4) is 11.3 Å². The summed E-state index contributed by atoms with van der Waals surface area (Å²) in [5.41, 5.74) is 5.30. The van der Waals surface area contributed by atoms with Gasteiger partial charge in [0.15, 0.2) is 0 Å². The molecule has 31 heavy (non-hydrogen) atoms. The van der Waals surface area contributed by atoms with Crippen LogP contribution >= 0.6 is 15.9 Å². The molecule has 2 aromatic heterocycles. The number of ether oxygens (including phenoxy) is 1. The van der Waals surface area contributed by atoms with Crippen LogP contribution in [0.25, 0.3) is 22.3 Å². The lowest BCUT2D eigenvalue weighted by atomic mass is 10.1. The summed E-state index contributed by atoms with van der Waals surface area (Å²) in [6.07, 6.45) is 1.99. The number of aromatic nitrogens is 1. The van der Waals surface area contributed by atoms with Gasteiger partial charge >= 0.3 is 5.97 Å². The molecule has 0 aliphatic rings. The van der Waals surface area contributed by atoms with Gasteiger partial charge in [-0.15, -0.1) is 0 Å². The predicted molar refractivity (Wildman–Crippen MR) is 125 cm³/mol. The molecule has 2 aromatic carbocycles. The minimum Gasteiger partial charge on any atom is -0.460 e. The van der Waals surface area contributed by atoms with Crippen molar-refractivity contribution in [3.63, 3.8) is 0 Å². The van der Waals surface area contributed by atoms with Crippen LogP contribution in [0.3, 0.4) is 0 Å². The van der Waals surface area contributed by atoms with E-state index in [1.165, 1.54) is 0 Å². The zero-order valence-corrected chi connectivity index (χ0v) is 19.3. The maximum atomic E-state index is 12.2. The molecule has 0 saturated heterocycles. The van der Waals surface area contributed by atoms with Crippen LogP contribution in [-0.2, 0) is 11.3 Å². The van der Waals surface area contributed by atoms with E-state index < -0.39 is 0 Å². The van der Waals surface area contributed by atoms with Gasteiger partial charge in [-0.3, -0.25) is 4.99 Å². The average molecular weight is 479 g/mol. The van der Waals surface area contributed by atoms with Crippen LogP contribution in [0.5, 0.6) is 0 Å². The largest absolute Gasteiger partial charge is 0.460 e. The Bertz CT molecular complexity index is 1320. The second kappa shape index (κ2) is 8.94. The van der Waals surface area contributed by atoms with Crippen molar-refractivity contribution >= 4 is 32.9 Å². The van der Waals surface area contributed by atoms with Crippen LogP contribution in [-0.4, -0.2) is 24.2 Å². The van der Waals surface area contributed by atoms with E-state index in [1.807, 2.05) is 60.2 Å². The number of aryl methyl sites for hydroxylation is 1. The van der Waals surface area contributed by atoms with Gasteiger partial charge in [-0.1, -0.05) is 46.3 Å². The van der Waals surface area contributed by atoms with Gasteiger partial charge in [0.25, 0.3) is 0 Å². The first-order chi connectivity index (χ1) is 15.0. The van der Waals surface area contributed by atoms with E-state index in [2.05, 4.69) is 27.8 Å². The van der Waals surface area contributed by atoms with Crippen molar-refractivity contribution in [2.45, 2.75) is 20.4 Å². The highest BCUT2D eigenvalue weighted by atomic mass is 79.9. The number of benzene rings is 2. The summed E-state index contributed by atoms with van der Waals surface area (Å²) < 4.78 is 14.7. The monoisotopic (exact) mass is 478 g/mol. The standard InChI is InChI=1S/C25H23BrN2O3/c1-16-15-28(12-13-30-25(29)18-8-5-4-6-9-18)24(27-3)20-14-22(31-23(16)20)19-10-7-11-21(26)17(19)2/h4-11,14-15H,12-13H2,1-3H3/b27-24+. The third-order valence-electron chi connectivity index (χ3n) is 5.27. The van der Waals surface area contributed by atoms with Gasteiger partial charge < -0.3 is 13.7 Å². The van der Waals surface area contributed by atoms with Crippen LogP contribution in [0, 0.1) is 13.8 Å². The number of hydrogen-bond donors (Lipinski definition) is 0. The second-order valence-corrected chi connectivity index (χ2v) is 8.17. The van der Waals surface area contributed by atoms with Crippen molar-refractivity contribution in [2.75, 3.05) is 13.7 Å². The minimum absolute atomic E-state index is 0.251. The number of esters is 1. The van der Waals surface area contributed by atoms with Crippen LogP contribution in [0.2, 0.25) is 0 Å². The van der Waals surface area contributed by atoms with Crippen molar-refractivity contribution < 1.29 is 13.9 Å². The Labute approximate surface area is 189 Å². The Hall–Kier alpha value is -3.12. The molecule has 0 spiro atoms. The fourth-order valence-electron chi connectivity index (χ4n) is 3.68. The van der Waals surface area contributed by atoms with Gasteiger partial charge in [0.05, 0.1) is 17.5 Å². The molecule has 158 valence electrons. The summed E-state index contributed by atoms with van der Waals surface area (Å²) in [6, 6.07) is 17.1. The van der Waals surface area contributed by atoms with E-state index in [0.29, 0.717) is 12.1 Å². The molecule has 4 rings (SSSR count). The number of nitrogens with zero attached hydrogens (tertiary/aromatic N) is 2. The van der Waals surface area contributed by atoms with Crippen LogP contribution in [0.15, 0.2) is 74.7 Å². The number of hydrogen-bond acceptors (Lipinski definition) is 4. The van der Waals surface area contributed by atoms with E-state index in [0.717, 1.165) is 43.4 Å². The fraction of sp³-hybridized carbons (Fsp3) is 0.200. The molecule has 0 fully saturated rings. The summed E-state index contributed by atoms with van der Waals surface area (Å²) in [7, 11) is 1.76. The molecule has 5 nitrogen and oxygen atoms in total. The summed E-state index contributed by atoms with van der Waals surface area (Å²) in [4.78, 5) is 16.7. The number of halogens is 1. The molecule has 0 amide bonds. The Kier molecular flexibility index (Phi) is 6.09. The highest BCUT2D eigenvalue weighted by Gasteiger charge is 2.15. The number of furan rings is 1. The van der Waals surface area contributed by atoms with Crippen LogP contribution in [0.4, 0.5) is 0 Å². The van der Waals surface area contributed by atoms with Crippen LogP contribution in [0.1, 0.15) is 21.5 Å². The molecule has 0 saturated carbocycles.